The number of nitrogens with zero attached hydrogens (tertiary/aromatic N) is 2. The Hall–Kier alpha value is -3.34. The summed E-state index contributed by atoms with van der Waals surface area (Å²) in [5.41, 5.74) is -2.26. The van der Waals surface area contributed by atoms with Crippen molar-refractivity contribution in [3.05, 3.63) is 62.3 Å². The Kier molecular flexibility index (Phi) is 6.50. The van der Waals surface area contributed by atoms with Crippen molar-refractivity contribution in [2.75, 3.05) is 6.54 Å². The number of carboxylic acids is 1. The van der Waals surface area contributed by atoms with E-state index in [0.717, 1.165) is 12.1 Å². The highest BCUT2D eigenvalue weighted by Crippen LogP contribution is 2.29. The van der Waals surface area contributed by atoms with E-state index < -0.39 is 32.8 Å². The molecule has 0 aliphatic carbocycles. The van der Waals surface area contributed by atoms with Crippen LogP contribution in [0.1, 0.15) is 15.9 Å². The summed E-state index contributed by atoms with van der Waals surface area (Å²) in [5.74, 6) is -1.53. The summed E-state index contributed by atoms with van der Waals surface area (Å²) >= 11 is 4.90. The number of carbonyl (C=O) groups is 1. The van der Waals surface area contributed by atoms with Gasteiger partial charge >= 0.3 is 5.97 Å². The van der Waals surface area contributed by atoms with Crippen molar-refractivity contribution in [1.82, 2.24) is 10.6 Å². The highest BCUT2D eigenvalue weighted by molar-refractivity contribution is 7.80. The summed E-state index contributed by atoms with van der Waals surface area (Å²) in [7, 11) is 0. The second-order valence-electron chi connectivity index (χ2n) is 4.22. The van der Waals surface area contributed by atoms with Gasteiger partial charge in [0, 0.05) is 18.8 Å². The molecule has 0 amide bonds. The lowest BCUT2D eigenvalue weighted by Crippen LogP contribution is -2.31. The first-order chi connectivity index (χ1) is 11.3. The number of rotatable bonds is 7. The van der Waals surface area contributed by atoms with Crippen molar-refractivity contribution in [2.24, 2.45) is 0 Å². The van der Waals surface area contributed by atoms with Gasteiger partial charge in [-0.05, 0) is 18.3 Å². The summed E-state index contributed by atoms with van der Waals surface area (Å²) in [6.07, 6.45) is 3.85. The van der Waals surface area contributed by atoms with Gasteiger partial charge in [0.1, 0.15) is 0 Å². The topological polar surface area (TPSA) is 148 Å². The molecule has 1 rings (SSSR count). The van der Waals surface area contributed by atoms with Crippen LogP contribution in [0.2, 0.25) is 0 Å². The molecular formula is C13H12N4O6S. The Bertz CT molecular complexity index is 711. The number of nitro benzene ring substituents is 2. The highest BCUT2D eigenvalue weighted by atomic mass is 32.1. The molecule has 0 fully saturated rings. The predicted octanol–water partition coefficient (Wildman–Crippen LogP) is 1.82. The lowest BCUT2D eigenvalue weighted by Gasteiger charge is -2.06. The molecule has 0 saturated heterocycles. The molecule has 0 aliphatic rings. The van der Waals surface area contributed by atoms with Gasteiger partial charge in [0.15, 0.2) is 5.11 Å². The fourth-order valence-electron chi connectivity index (χ4n) is 1.65. The molecule has 1 aromatic carbocycles. The maximum absolute atomic E-state index is 11.3. The van der Waals surface area contributed by atoms with Crippen LogP contribution < -0.4 is 10.6 Å². The maximum Gasteiger partial charge on any atom is 0.336 e. The molecule has 0 spiro atoms. The summed E-state index contributed by atoms with van der Waals surface area (Å²) in [6, 6.07) is 1.45. The lowest BCUT2D eigenvalue weighted by atomic mass is 10.0. The van der Waals surface area contributed by atoms with E-state index in [9.17, 15) is 25.0 Å². The second-order valence-corrected chi connectivity index (χ2v) is 4.63. The normalized spacial score (nSPS) is 10.2. The van der Waals surface area contributed by atoms with Crippen LogP contribution in [-0.2, 0) is 0 Å². The van der Waals surface area contributed by atoms with Crippen LogP contribution in [0.3, 0.4) is 0 Å². The molecule has 0 saturated carbocycles. The fourth-order valence-corrected chi connectivity index (χ4v) is 1.80. The third-order valence-corrected chi connectivity index (χ3v) is 2.91. The summed E-state index contributed by atoms with van der Waals surface area (Å²) in [5, 5.41) is 36.5. The molecular weight excluding hydrogens is 340 g/mol. The number of hydrogen-bond donors (Lipinski definition) is 3. The number of non-ortho nitro benzene ring substituents is 1. The summed E-state index contributed by atoms with van der Waals surface area (Å²) < 4.78 is 0. The van der Waals surface area contributed by atoms with Crippen molar-refractivity contribution in [3.8, 4) is 0 Å². The standard InChI is InChI=1S/C13H12N4O6S/c1-2-4-14-13(24)15-5-3-9-10(12(18)19)6-8(16(20)21)7-11(9)17(22)23/h2-3,5-7H,1,4H2,(H,18,19)(H2,14,15,24)/b5-3-. The Morgan fingerprint density at radius 2 is 2.00 bits per heavy atom. The molecule has 1 aromatic rings. The van der Waals surface area contributed by atoms with Crippen LogP contribution >= 0.6 is 12.2 Å². The first kappa shape index (κ1) is 18.7. The van der Waals surface area contributed by atoms with Gasteiger partial charge in [-0.2, -0.15) is 0 Å². The maximum atomic E-state index is 11.3. The average Bonchev–Trinajstić information content (AvgIpc) is 2.51. The Balaban J connectivity index is 3.26. The van der Waals surface area contributed by atoms with E-state index in [4.69, 9.17) is 17.3 Å². The smallest absolute Gasteiger partial charge is 0.336 e. The van der Waals surface area contributed by atoms with E-state index in [-0.39, 0.29) is 10.7 Å². The minimum absolute atomic E-state index is 0.188. The number of benzene rings is 1. The number of thiocarbonyl (C=S) groups is 1. The summed E-state index contributed by atoms with van der Waals surface area (Å²) in [6.45, 7) is 3.87. The quantitative estimate of drug-likeness (QED) is 0.289. The molecule has 10 nitrogen and oxygen atoms in total. The van der Waals surface area contributed by atoms with Crippen LogP contribution in [0, 0.1) is 20.2 Å². The molecule has 24 heavy (non-hydrogen) atoms. The van der Waals surface area contributed by atoms with E-state index in [0.29, 0.717) is 12.6 Å². The van der Waals surface area contributed by atoms with Gasteiger partial charge in [-0.1, -0.05) is 6.08 Å². The van der Waals surface area contributed by atoms with E-state index in [1.165, 1.54) is 6.20 Å². The molecule has 0 heterocycles. The second kappa shape index (κ2) is 8.33. The molecule has 3 N–H and O–H groups in total. The zero-order valence-electron chi connectivity index (χ0n) is 12.1. The van der Waals surface area contributed by atoms with Crippen LogP contribution in [0.5, 0.6) is 0 Å². The Labute approximate surface area is 140 Å². The zero-order chi connectivity index (χ0) is 18.3. The van der Waals surface area contributed by atoms with Crippen molar-refractivity contribution in [2.45, 2.75) is 0 Å². The monoisotopic (exact) mass is 352 g/mol. The number of hydrogen-bond acceptors (Lipinski definition) is 6. The van der Waals surface area contributed by atoms with Gasteiger partial charge in [0.2, 0.25) is 0 Å². The van der Waals surface area contributed by atoms with Crippen molar-refractivity contribution >= 4 is 40.8 Å². The molecule has 0 bridgehead atoms. The molecule has 0 aromatic heterocycles. The predicted molar refractivity (Wildman–Crippen MR) is 89.7 cm³/mol. The molecule has 0 radical (unpaired) electrons. The SMILES string of the molecule is C=CCNC(=S)N/C=C\c1c(C(=O)O)cc([N+](=O)[O-])cc1[N+](=O)[O-]. The van der Waals surface area contributed by atoms with E-state index in [1.807, 2.05) is 0 Å². The number of carboxylic acid groups (broad SMARTS) is 1. The molecule has 0 unspecified atom stereocenters. The van der Waals surface area contributed by atoms with E-state index >= 15 is 0 Å². The number of nitrogens with one attached hydrogen (secondary N) is 2. The lowest BCUT2D eigenvalue weighted by molar-refractivity contribution is -0.394. The third-order valence-electron chi connectivity index (χ3n) is 2.65. The third kappa shape index (κ3) is 4.84. The van der Waals surface area contributed by atoms with Crippen LogP contribution in [-0.4, -0.2) is 32.6 Å². The Morgan fingerprint density at radius 3 is 2.50 bits per heavy atom. The van der Waals surface area contributed by atoms with Crippen LogP contribution in [0.15, 0.2) is 31.0 Å². The van der Waals surface area contributed by atoms with Crippen molar-refractivity contribution in [3.63, 3.8) is 0 Å². The molecule has 126 valence electrons. The minimum Gasteiger partial charge on any atom is -0.478 e. The van der Waals surface area contributed by atoms with Gasteiger partial charge in [-0.25, -0.2) is 4.79 Å². The highest BCUT2D eigenvalue weighted by Gasteiger charge is 2.25. The van der Waals surface area contributed by atoms with E-state index in [1.54, 1.807) is 6.08 Å². The summed E-state index contributed by atoms with van der Waals surface area (Å²) in [4.78, 5) is 31.4. The zero-order valence-corrected chi connectivity index (χ0v) is 12.9. The first-order valence-electron chi connectivity index (χ1n) is 6.29. The van der Waals surface area contributed by atoms with E-state index in [2.05, 4.69) is 17.2 Å². The fraction of sp³-hybridized carbons (Fsp3) is 0.0769. The molecule has 11 heteroatoms. The average molecular weight is 352 g/mol. The van der Waals surface area contributed by atoms with Gasteiger partial charge in [-0.15, -0.1) is 6.58 Å². The largest absolute Gasteiger partial charge is 0.478 e. The van der Waals surface area contributed by atoms with Crippen LogP contribution in [0.4, 0.5) is 11.4 Å². The minimum atomic E-state index is -1.53. The molecule has 0 atom stereocenters. The number of nitro groups is 2. The van der Waals surface area contributed by atoms with Crippen molar-refractivity contribution < 1.29 is 19.7 Å². The Morgan fingerprint density at radius 1 is 1.33 bits per heavy atom. The van der Waals surface area contributed by atoms with Crippen LogP contribution in [0.25, 0.3) is 6.08 Å². The van der Waals surface area contributed by atoms with Crippen molar-refractivity contribution in [1.29, 1.82) is 0 Å². The molecule has 0 aliphatic heterocycles. The number of aromatic carboxylic acids is 1. The van der Waals surface area contributed by atoms with Gasteiger partial charge in [0.25, 0.3) is 11.4 Å². The first-order valence-corrected chi connectivity index (χ1v) is 6.70. The van der Waals surface area contributed by atoms with Gasteiger partial charge in [-0.3, -0.25) is 20.2 Å². The van der Waals surface area contributed by atoms with Gasteiger partial charge < -0.3 is 15.7 Å². The van der Waals surface area contributed by atoms with Gasteiger partial charge in [0.05, 0.1) is 27.0 Å².